The summed E-state index contributed by atoms with van der Waals surface area (Å²) in [5.74, 6) is 1.31. The molecule has 0 aliphatic carbocycles. The third kappa shape index (κ3) is 6.80. The molecule has 0 bridgehead atoms. The highest BCUT2D eigenvalue weighted by Gasteiger charge is 2.25. The molecule has 0 aromatic heterocycles. The standard InChI is InChI=1S/C15H30N4O2/c1-11(2)6-13(8-16)7-14(20)19-5-3-4-12(10-19)9-18-15(17)21/h11-13H,3-10,16H2,1-2H3,(H3,17,18,21). The average Bonchev–Trinajstić information content (AvgIpc) is 2.44. The molecular weight excluding hydrogens is 268 g/mol. The summed E-state index contributed by atoms with van der Waals surface area (Å²) >= 11 is 0. The molecule has 1 rings (SSSR count). The Morgan fingerprint density at radius 2 is 2.10 bits per heavy atom. The highest BCUT2D eigenvalue weighted by molar-refractivity contribution is 5.76. The van der Waals surface area contributed by atoms with Gasteiger partial charge in [0, 0.05) is 26.1 Å². The minimum atomic E-state index is -0.501. The number of primary amides is 1. The van der Waals surface area contributed by atoms with Crippen molar-refractivity contribution in [1.29, 1.82) is 0 Å². The van der Waals surface area contributed by atoms with Crippen molar-refractivity contribution in [2.24, 2.45) is 29.2 Å². The van der Waals surface area contributed by atoms with Gasteiger partial charge in [-0.15, -0.1) is 0 Å². The van der Waals surface area contributed by atoms with Gasteiger partial charge in [-0.2, -0.15) is 0 Å². The molecule has 1 aliphatic heterocycles. The first-order chi connectivity index (χ1) is 9.92. The zero-order valence-corrected chi connectivity index (χ0v) is 13.3. The number of carbonyl (C=O) groups is 2. The summed E-state index contributed by atoms with van der Waals surface area (Å²) in [6.45, 7) is 6.93. The quantitative estimate of drug-likeness (QED) is 0.651. The van der Waals surface area contributed by atoms with Crippen LogP contribution in [-0.2, 0) is 4.79 Å². The van der Waals surface area contributed by atoms with Crippen LogP contribution in [0, 0.1) is 17.8 Å². The number of hydrogen-bond donors (Lipinski definition) is 3. The Hall–Kier alpha value is -1.30. The first-order valence-corrected chi connectivity index (χ1v) is 7.93. The lowest BCUT2D eigenvalue weighted by Crippen LogP contribution is -2.45. The van der Waals surface area contributed by atoms with Gasteiger partial charge in [0.2, 0.25) is 5.91 Å². The SMILES string of the molecule is CC(C)CC(CN)CC(=O)N1CCCC(CNC(N)=O)C1. The second-order valence-corrected chi connectivity index (χ2v) is 6.53. The number of hydrogen-bond acceptors (Lipinski definition) is 3. The highest BCUT2D eigenvalue weighted by atomic mass is 16.2. The van der Waals surface area contributed by atoms with Crippen molar-refractivity contribution in [2.45, 2.75) is 39.5 Å². The summed E-state index contributed by atoms with van der Waals surface area (Å²) in [6, 6.07) is -0.501. The number of nitrogens with one attached hydrogen (secondary N) is 1. The number of rotatable bonds is 7. The van der Waals surface area contributed by atoms with Crippen LogP contribution >= 0.6 is 0 Å². The number of urea groups is 1. The summed E-state index contributed by atoms with van der Waals surface area (Å²) in [4.78, 5) is 25.1. The van der Waals surface area contributed by atoms with Gasteiger partial charge in [0.25, 0.3) is 0 Å². The van der Waals surface area contributed by atoms with Crippen LogP contribution in [0.1, 0.15) is 39.5 Å². The molecule has 6 nitrogen and oxygen atoms in total. The van der Waals surface area contributed by atoms with Gasteiger partial charge < -0.3 is 21.7 Å². The van der Waals surface area contributed by atoms with Crippen molar-refractivity contribution >= 4 is 11.9 Å². The molecule has 0 aromatic carbocycles. The van der Waals surface area contributed by atoms with Crippen LogP contribution in [0.25, 0.3) is 0 Å². The van der Waals surface area contributed by atoms with E-state index in [0.717, 1.165) is 25.8 Å². The molecular formula is C15H30N4O2. The van der Waals surface area contributed by atoms with Crippen LogP contribution in [0.15, 0.2) is 0 Å². The zero-order chi connectivity index (χ0) is 15.8. The van der Waals surface area contributed by atoms with Crippen LogP contribution < -0.4 is 16.8 Å². The molecule has 0 saturated carbocycles. The Balaban J connectivity index is 2.43. The van der Waals surface area contributed by atoms with E-state index < -0.39 is 6.03 Å². The first-order valence-electron chi connectivity index (χ1n) is 7.93. The lowest BCUT2D eigenvalue weighted by molar-refractivity contribution is -0.134. The highest BCUT2D eigenvalue weighted by Crippen LogP contribution is 2.20. The van der Waals surface area contributed by atoms with E-state index in [9.17, 15) is 9.59 Å². The Kier molecular flexibility index (Phi) is 7.50. The van der Waals surface area contributed by atoms with Gasteiger partial charge in [-0.1, -0.05) is 13.8 Å². The van der Waals surface area contributed by atoms with E-state index in [2.05, 4.69) is 19.2 Å². The summed E-state index contributed by atoms with van der Waals surface area (Å²) in [6.07, 6.45) is 3.53. The average molecular weight is 298 g/mol. The molecule has 6 heteroatoms. The van der Waals surface area contributed by atoms with Crippen molar-refractivity contribution in [3.63, 3.8) is 0 Å². The van der Waals surface area contributed by atoms with Crippen LogP contribution in [0.3, 0.4) is 0 Å². The summed E-state index contributed by atoms with van der Waals surface area (Å²) in [7, 11) is 0. The number of nitrogens with zero attached hydrogens (tertiary/aromatic N) is 1. The molecule has 0 aromatic rings. The van der Waals surface area contributed by atoms with Crippen molar-refractivity contribution < 1.29 is 9.59 Å². The molecule has 0 radical (unpaired) electrons. The van der Waals surface area contributed by atoms with Gasteiger partial charge in [-0.25, -0.2) is 4.79 Å². The third-order valence-corrected chi connectivity index (χ3v) is 4.04. The number of carbonyl (C=O) groups excluding carboxylic acids is 2. The smallest absolute Gasteiger partial charge is 0.312 e. The minimum absolute atomic E-state index is 0.190. The van der Waals surface area contributed by atoms with Gasteiger partial charge in [-0.3, -0.25) is 4.79 Å². The van der Waals surface area contributed by atoms with Gasteiger partial charge in [0.15, 0.2) is 0 Å². The second kappa shape index (κ2) is 8.87. The van der Waals surface area contributed by atoms with Crippen LogP contribution in [0.5, 0.6) is 0 Å². The normalized spacial score (nSPS) is 20.4. The molecule has 1 saturated heterocycles. The van der Waals surface area contributed by atoms with Crippen LogP contribution in [0.4, 0.5) is 4.79 Å². The van der Waals surface area contributed by atoms with E-state index in [0.29, 0.717) is 37.9 Å². The van der Waals surface area contributed by atoms with Gasteiger partial charge in [0.1, 0.15) is 0 Å². The molecule has 3 amide bonds. The number of nitrogens with two attached hydrogens (primary N) is 2. The van der Waals surface area contributed by atoms with E-state index in [1.165, 1.54) is 0 Å². The Morgan fingerprint density at radius 3 is 2.67 bits per heavy atom. The fraction of sp³-hybridized carbons (Fsp3) is 0.867. The maximum Gasteiger partial charge on any atom is 0.312 e. The Morgan fingerprint density at radius 1 is 1.38 bits per heavy atom. The predicted molar refractivity (Wildman–Crippen MR) is 83.5 cm³/mol. The second-order valence-electron chi connectivity index (χ2n) is 6.53. The molecule has 2 unspecified atom stereocenters. The van der Waals surface area contributed by atoms with E-state index in [-0.39, 0.29) is 11.8 Å². The fourth-order valence-corrected chi connectivity index (χ4v) is 3.01. The van der Waals surface area contributed by atoms with E-state index in [1.54, 1.807) is 0 Å². The molecule has 1 aliphatic rings. The molecule has 5 N–H and O–H groups in total. The first kappa shape index (κ1) is 17.8. The number of amides is 3. The van der Waals surface area contributed by atoms with Crippen LogP contribution in [0.2, 0.25) is 0 Å². The lowest BCUT2D eigenvalue weighted by Gasteiger charge is -2.33. The van der Waals surface area contributed by atoms with Gasteiger partial charge in [-0.05, 0) is 43.6 Å². The van der Waals surface area contributed by atoms with E-state index in [4.69, 9.17) is 11.5 Å². The van der Waals surface area contributed by atoms with Crippen molar-refractivity contribution in [1.82, 2.24) is 10.2 Å². The molecule has 21 heavy (non-hydrogen) atoms. The summed E-state index contributed by atoms with van der Waals surface area (Å²) in [5, 5.41) is 2.63. The topological polar surface area (TPSA) is 101 Å². The lowest BCUT2D eigenvalue weighted by atomic mass is 9.92. The molecule has 0 spiro atoms. The molecule has 122 valence electrons. The molecule has 2 atom stereocenters. The minimum Gasteiger partial charge on any atom is -0.352 e. The number of likely N-dealkylation sites (tertiary alicyclic amines) is 1. The summed E-state index contributed by atoms with van der Waals surface area (Å²) in [5.41, 5.74) is 10.9. The number of piperidine rings is 1. The summed E-state index contributed by atoms with van der Waals surface area (Å²) < 4.78 is 0. The van der Waals surface area contributed by atoms with E-state index >= 15 is 0 Å². The van der Waals surface area contributed by atoms with Gasteiger partial charge in [0.05, 0.1) is 0 Å². The fourth-order valence-electron chi connectivity index (χ4n) is 3.01. The maximum absolute atomic E-state index is 12.4. The largest absolute Gasteiger partial charge is 0.352 e. The molecule has 1 heterocycles. The third-order valence-electron chi connectivity index (χ3n) is 4.04. The predicted octanol–water partition coefficient (Wildman–Crippen LogP) is 0.904. The zero-order valence-electron chi connectivity index (χ0n) is 13.3. The van der Waals surface area contributed by atoms with E-state index in [1.807, 2.05) is 4.90 Å². The van der Waals surface area contributed by atoms with Crippen LogP contribution in [-0.4, -0.2) is 43.0 Å². The Labute approximate surface area is 127 Å². The van der Waals surface area contributed by atoms with Crippen molar-refractivity contribution in [3.8, 4) is 0 Å². The van der Waals surface area contributed by atoms with Crippen molar-refractivity contribution in [3.05, 3.63) is 0 Å². The Bertz CT molecular complexity index is 347. The monoisotopic (exact) mass is 298 g/mol. The van der Waals surface area contributed by atoms with Gasteiger partial charge >= 0.3 is 6.03 Å². The molecule has 1 fully saturated rings. The maximum atomic E-state index is 12.4. The van der Waals surface area contributed by atoms with Crippen molar-refractivity contribution in [2.75, 3.05) is 26.2 Å².